The molecule has 1 aliphatic rings. The minimum absolute atomic E-state index is 0.0350. The van der Waals surface area contributed by atoms with Gasteiger partial charge in [0, 0.05) is 24.0 Å². The minimum atomic E-state index is -0.371. The molecule has 8 heteroatoms. The number of nitrogens with zero attached hydrogens (tertiary/aromatic N) is 2. The summed E-state index contributed by atoms with van der Waals surface area (Å²) in [6.45, 7) is 0. The van der Waals surface area contributed by atoms with Crippen LogP contribution < -0.4 is 0 Å². The van der Waals surface area contributed by atoms with Crippen molar-refractivity contribution in [3.63, 3.8) is 0 Å². The van der Waals surface area contributed by atoms with Crippen molar-refractivity contribution in [2.24, 2.45) is 0 Å². The maximum atomic E-state index is 11.0. The Bertz CT molecular complexity index is 620. The standard InChI is InChI=1S/C12H10N2O4S2/c15-13(16)9-3-5-19-11(9)7-1-2-8(7)12-10(14(17)18)4-6-20-12/h3-8H,1-2H2/t7-,8-/m0/s1. The number of nitro groups is 2. The molecule has 2 aromatic heterocycles. The minimum Gasteiger partial charge on any atom is -0.258 e. The van der Waals surface area contributed by atoms with Gasteiger partial charge in [-0.15, -0.1) is 22.7 Å². The molecule has 0 spiro atoms. The molecule has 2 aromatic rings. The van der Waals surface area contributed by atoms with Gasteiger partial charge in [-0.1, -0.05) is 0 Å². The van der Waals surface area contributed by atoms with E-state index in [4.69, 9.17) is 0 Å². The van der Waals surface area contributed by atoms with Gasteiger partial charge in [0.1, 0.15) is 0 Å². The first-order chi connectivity index (χ1) is 9.59. The molecule has 3 rings (SSSR count). The molecule has 0 aliphatic heterocycles. The third kappa shape index (κ3) is 2.01. The van der Waals surface area contributed by atoms with Gasteiger partial charge in [0.25, 0.3) is 11.4 Å². The van der Waals surface area contributed by atoms with Crippen LogP contribution in [0.15, 0.2) is 22.9 Å². The van der Waals surface area contributed by atoms with Crippen LogP contribution in [0, 0.1) is 20.2 Å². The molecule has 0 amide bonds. The summed E-state index contributed by atoms with van der Waals surface area (Å²) in [5, 5.41) is 25.4. The molecule has 20 heavy (non-hydrogen) atoms. The molecule has 2 atom stereocenters. The zero-order valence-corrected chi connectivity index (χ0v) is 11.9. The molecule has 0 aromatic carbocycles. The van der Waals surface area contributed by atoms with E-state index in [9.17, 15) is 20.2 Å². The number of thiophene rings is 2. The van der Waals surface area contributed by atoms with E-state index < -0.39 is 0 Å². The van der Waals surface area contributed by atoms with Crippen molar-refractivity contribution >= 4 is 34.0 Å². The van der Waals surface area contributed by atoms with E-state index in [1.165, 1.54) is 34.8 Å². The first kappa shape index (κ1) is 13.2. The van der Waals surface area contributed by atoms with Gasteiger partial charge >= 0.3 is 0 Å². The van der Waals surface area contributed by atoms with Gasteiger partial charge in [0.2, 0.25) is 0 Å². The van der Waals surface area contributed by atoms with Crippen LogP contribution in [0.1, 0.15) is 34.4 Å². The summed E-state index contributed by atoms with van der Waals surface area (Å²) >= 11 is 2.74. The van der Waals surface area contributed by atoms with Gasteiger partial charge in [-0.3, -0.25) is 20.2 Å². The summed E-state index contributed by atoms with van der Waals surface area (Å²) in [5.74, 6) is 0.0699. The van der Waals surface area contributed by atoms with Crippen LogP contribution in [0.5, 0.6) is 0 Å². The highest BCUT2D eigenvalue weighted by Crippen LogP contribution is 2.55. The van der Waals surface area contributed by atoms with Crippen molar-refractivity contribution in [3.05, 3.63) is 52.9 Å². The fraction of sp³-hybridized carbons (Fsp3) is 0.333. The van der Waals surface area contributed by atoms with Crippen molar-refractivity contribution in [2.45, 2.75) is 24.7 Å². The second kappa shape index (κ2) is 4.95. The highest BCUT2D eigenvalue weighted by Gasteiger charge is 2.41. The summed E-state index contributed by atoms with van der Waals surface area (Å²) in [5.41, 5.74) is 0.285. The van der Waals surface area contributed by atoms with Crippen LogP contribution >= 0.6 is 22.7 Å². The van der Waals surface area contributed by atoms with E-state index in [2.05, 4.69) is 0 Å². The average Bonchev–Trinajstić information content (AvgIpc) is 2.96. The Morgan fingerprint density at radius 1 is 0.900 bits per heavy atom. The summed E-state index contributed by atoms with van der Waals surface area (Å²) in [7, 11) is 0. The van der Waals surface area contributed by atoms with E-state index >= 15 is 0 Å². The Morgan fingerprint density at radius 2 is 1.30 bits per heavy atom. The predicted octanol–water partition coefficient (Wildman–Crippen LogP) is 4.29. The second-order valence-corrected chi connectivity index (χ2v) is 6.54. The predicted molar refractivity (Wildman–Crippen MR) is 76.7 cm³/mol. The lowest BCUT2D eigenvalue weighted by molar-refractivity contribution is -0.386. The Morgan fingerprint density at radius 3 is 1.60 bits per heavy atom. The van der Waals surface area contributed by atoms with Crippen LogP contribution in [0.25, 0.3) is 0 Å². The Hall–Kier alpha value is -1.80. The Balaban J connectivity index is 1.93. The SMILES string of the molecule is O=[N+]([O-])c1ccsc1[C@H]1CC[C@@H]1c1sccc1[N+](=O)[O-]. The molecule has 0 bridgehead atoms. The first-order valence-electron chi connectivity index (χ1n) is 6.03. The number of rotatable bonds is 4. The molecule has 6 nitrogen and oxygen atoms in total. The largest absolute Gasteiger partial charge is 0.283 e. The Kier molecular flexibility index (Phi) is 3.27. The maximum Gasteiger partial charge on any atom is 0.283 e. The van der Waals surface area contributed by atoms with Crippen molar-refractivity contribution in [1.29, 1.82) is 0 Å². The van der Waals surface area contributed by atoms with Crippen LogP contribution in [0.2, 0.25) is 0 Å². The molecule has 104 valence electrons. The van der Waals surface area contributed by atoms with Crippen molar-refractivity contribution in [3.8, 4) is 0 Å². The van der Waals surface area contributed by atoms with Crippen LogP contribution in [0.3, 0.4) is 0 Å². The lowest BCUT2D eigenvalue weighted by Crippen LogP contribution is -2.21. The highest BCUT2D eigenvalue weighted by molar-refractivity contribution is 7.11. The van der Waals surface area contributed by atoms with Gasteiger partial charge in [0.15, 0.2) is 0 Å². The molecule has 0 saturated heterocycles. The molecular formula is C12H10N2O4S2. The van der Waals surface area contributed by atoms with Gasteiger partial charge in [-0.05, 0) is 23.6 Å². The molecule has 1 fully saturated rings. The zero-order valence-electron chi connectivity index (χ0n) is 10.2. The van der Waals surface area contributed by atoms with Gasteiger partial charge in [-0.2, -0.15) is 0 Å². The van der Waals surface area contributed by atoms with Crippen molar-refractivity contribution in [2.75, 3.05) is 0 Å². The second-order valence-electron chi connectivity index (χ2n) is 4.64. The fourth-order valence-electron chi connectivity index (χ4n) is 2.61. The summed E-state index contributed by atoms with van der Waals surface area (Å²) in [6.07, 6.45) is 1.70. The van der Waals surface area contributed by atoms with E-state index in [-0.39, 0.29) is 33.1 Å². The fourth-order valence-corrected chi connectivity index (χ4v) is 4.74. The molecule has 1 aliphatic carbocycles. The molecule has 0 N–H and O–H groups in total. The highest BCUT2D eigenvalue weighted by atomic mass is 32.1. The van der Waals surface area contributed by atoms with E-state index in [1.54, 1.807) is 10.8 Å². The topological polar surface area (TPSA) is 86.3 Å². The van der Waals surface area contributed by atoms with Gasteiger partial charge in [0.05, 0.1) is 19.6 Å². The van der Waals surface area contributed by atoms with E-state index in [1.807, 2.05) is 0 Å². The smallest absolute Gasteiger partial charge is 0.258 e. The van der Waals surface area contributed by atoms with Crippen molar-refractivity contribution < 1.29 is 9.85 Å². The Labute approximate surface area is 122 Å². The molecular weight excluding hydrogens is 300 g/mol. The molecule has 1 saturated carbocycles. The van der Waals surface area contributed by atoms with Gasteiger partial charge < -0.3 is 0 Å². The monoisotopic (exact) mass is 310 g/mol. The summed E-state index contributed by atoms with van der Waals surface area (Å²) in [6, 6.07) is 3.02. The molecule has 0 radical (unpaired) electrons. The lowest BCUT2D eigenvalue weighted by Gasteiger charge is -2.34. The normalized spacial score (nSPS) is 21.4. The van der Waals surface area contributed by atoms with Crippen LogP contribution in [-0.4, -0.2) is 9.85 Å². The third-order valence-corrected chi connectivity index (χ3v) is 5.76. The van der Waals surface area contributed by atoms with Crippen LogP contribution in [-0.2, 0) is 0 Å². The average molecular weight is 310 g/mol. The lowest BCUT2D eigenvalue weighted by atomic mass is 9.71. The molecule has 2 heterocycles. The summed E-state index contributed by atoms with van der Waals surface area (Å²) < 4.78 is 0. The van der Waals surface area contributed by atoms with Crippen LogP contribution in [0.4, 0.5) is 11.4 Å². The first-order valence-corrected chi connectivity index (χ1v) is 7.79. The maximum absolute atomic E-state index is 11.0. The number of hydrogen-bond acceptors (Lipinski definition) is 6. The number of hydrogen-bond donors (Lipinski definition) is 0. The van der Waals surface area contributed by atoms with Gasteiger partial charge in [-0.25, -0.2) is 0 Å². The molecule has 0 unspecified atom stereocenters. The zero-order chi connectivity index (χ0) is 14.3. The summed E-state index contributed by atoms with van der Waals surface area (Å²) in [4.78, 5) is 22.8. The van der Waals surface area contributed by atoms with E-state index in [0.717, 1.165) is 22.6 Å². The third-order valence-electron chi connectivity index (χ3n) is 3.69. The van der Waals surface area contributed by atoms with E-state index in [0.29, 0.717) is 0 Å². The van der Waals surface area contributed by atoms with Crippen molar-refractivity contribution in [1.82, 2.24) is 0 Å². The quantitative estimate of drug-likeness (QED) is 0.622.